The number of nitrogens with zero attached hydrogens (tertiary/aromatic N) is 1. The smallest absolute Gasteiger partial charge is 0.0964 e. The van der Waals surface area contributed by atoms with Gasteiger partial charge in [-0.05, 0) is 11.6 Å². The fourth-order valence-electron chi connectivity index (χ4n) is 1.10. The second-order valence-electron chi connectivity index (χ2n) is 3.14. The minimum absolute atomic E-state index is 0.608. The van der Waals surface area contributed by atoms with Gasteiger partial charge < -0.3 is 10.5 Å². The highest BCUT2D eigenvalue weighted by molar-refractivity contribution is 9.10. The van der Waals surface area contributed by atoms with E-state index in [-0.39, 0.29) is 0 Å². The molecule has 0 radical (unpaired) electrons. The number of hydrogen-bond acceptors (Lipinski definition) is 2. The summed E-state index contributed by atoms with van der Waals surface area (Å²) in [7, 11) is 1.65. The molecule has 0 heterocycles. The summed E-state index contributed by atoms with van der Waals surface area (Å²) in [4.78, 5) is 4.28. The van der Waals surface area contributed by atoms with E-state index in [2.05, 4.69) is 20.9 Å². The molecule has 0 amide bonds. The molecule has 0 bridgehead atoms. The van der Waals surface area contributed by atoms with Gasteiger partial charge in [-0.1, -0.05) is 34.1 Å². The average Bonchev–Trinajstić information content (AvgIpc) is 2.25. The van der Waals surface area contributed by atoms with Crippen LogP contribution in [0.25, 0.3) is 0 Å². The van der Waals surface area contributed by atoms with Crippen LogP contribution in [0.2, 0.25) is 0 Å². The second-order valence-corrected chi connectivity index (χ2v) is 4.00. The molecule has 1 rings (SSSR count). The molecule has 0 aliphatic heterocycles. The highest BCUT2D eigenvalue weighted by atomic mass is 79.9. The number of benzene rings is 1. The first-order valence-corrected chi connectivity index (χ1v) is 5.54. The third-order valence-electron chi connectivity index (χ3n) is 1.97. The van der Waals surface area contributed by atoms with Crippen LogP contribution < -0.4 is 5.73 Å². The van der Waals surface area contributed by atoms with Gasteiger partial charge in [0, 0.05) is 18.0 Å². The van der Waals surface area contributed by atoms with Crippen molar-refractivity contribution in [3.05, 3.63) is 34.3 Å². The first kappa shape index (κ1) is 12.2. The van der Waals surface area contributed by atoms with Crippen LogP contribution in [0.5, 0.6) is 0 Å². The van der Waals surface area contributed by atoms with E-state index in [1.165, 1.54) is 0 Å². The van der Waals surface area contributed by atoms with E-state index in [9.17, 15) is 0 Å². The molecule has 0 fully saturated rings. The number of aliphatic imine (C=N–C) groups is 1. The van der Waals surface area contributed by atoms with Crippen molar-refractivity contribution in [1.29, 1.82) is 0 Å². The molecule has 0 saturated heterocycles. The highest BCUT2D eigenvalue weighted by Gasteiger charge is 1.97. The van der Waals surface area contributed by atoms with Crippen molar-refractivity contribution in [2.45, 2.75) is 13.0 Å². The van der Waals surface area contributed by atoms with Crippen molar-refractivity contribution in [3.63, 3.8) is 0 Å². The maximum absolute atomic E-state index is 5.71. The maximum Gasteiger partial charge on any atom is 0.0964 e. The quantitative estimate of drug-likeness (QED) is 0.660. The molecule has 0 aliphatic carbocycles. The number of methoxy groups -OCH3 is 1. The van der Waals surface area contributed by atoms with E-state index in [1.54, 1.807) is 7.11 Å². The average molecular weight is 271 g/mol. The molecule has 1 aromatic carbocycles. The van der Waals surface area contributed by atoms with Gasteiger partial charge in [-0.25, -0.2) is 0 Å². The predicted octanol–water partition coefficient (Wildman–Crippen LogP) is 2.34. The number of nitrogens with two attached hydrogens (primary N) is 1. The van der Waals surface area contributed by atoms with Gasteiger partial charge in [0.05, 0.1) is 19.0 Å². The fraction of sp³-hybridized carbons (Fsp3) is 0.364. The summed E-state index contributed by atoms with van der Waals surface area (Å²) in [6, 6.07) is 7.99. The lowest BCUT2D eigenvalue weighted by Gasteiger charge is -2.02. The van der Waals surface area contributed by atoms with Crippen molar-refractivity contribution >= 4 is 21.8 Å². The van der Waals surface area contributed by atoms with Crippen molar-refractivity contribution in [2.75, 3.05) is 13.7 Å². The number of ether oxygens (including phenoxy) is 1. The minimum Gasteiger partial charge on any atom is -0.387 e. The summed E-state index contributed by atoms with van der Waals surface area (Å²) in [6.45, 7) is 1.22. The SMILES string of the molecule is COCCC(N)=NCc1ccccc1Br. The summed E-state index contributed by atoms with van der Waals surface area (Å²) in [5.74, 6) is 0.632. The summed E-state index contributed by atoms with van der Waals surface area (Å²) < 4.78 is 5.98. The molecule has 0 aromatic heterocycles. The lowest BCUT2D eigenvalue weighted by Crippen LogP contribution is -2.14. The molecule has 0 aliphatic rings. The van der Waals surface area contributed by atoms with Gasteiger partial charge in [0.2, 0.25) is 0 Å². The van der Waals surface area contributed by atoms with Crippen LogP contribution in [-0.4, -0.2) is 19.6 Å². The summed E-state index contributed by atoms with van der Waals surface area (Å²) in [5, 5.41) is 0. The standard InChI is InChI=1S/C11H15BrN2O/c1-15-7-6-11(13)14-8-9-4-2-3-5-10(9)12/h2-5H,6-8H2,1H3,(H2,13,14). The van der Waals surface area contributed by atoms with Crippen LogP contribution in [0.15, 0.2) is 33.7 Å². The van der Waals surface area contributed by atoms with Crippen molar-refractivity contribution in [2.24, 2.45) is 10.7 Å². The molecular weight excluding hydrogens is 256 g/mol. The Morgan fingerprint density at radius 3 is 2.87 bits per heavy atom. The minimum atomic E-state index is 0.608. The first-order valence-electron chi connectivity index (χ1n) is 4.75. The zero-order valence-corrected chi connectivity index (χ0v) is 10.3. The Kier molecular flexibility index (Phi) is 5.36. The molecular formula is C11H15BrN2O. The van der Waals surface area contributed by atoms with Gasteiger partial charge in [-0.3, -0.25) is 4.99 Å². The van der Waals surface area contributed by atoms with Gasteiger partial charge in [-0.15, -0.1) is 0 Å². The highest BCUT2D eigenvalue weighted by Crippen LogP contribution is 2.16. The Morgan fingerprint density at radius 1 is 1.47 bits per heavy atom. The van der Waals surface area contributed by atoms with E-state index >= 15 is 0 Å². The van der Waals surface area contributed by atoms with Gasteiger partial charge >= 0.3 is 0 Å². The molecule has 0 atom stereocenters. The zero-order chi connectivity index (χ0) is 11.1. The van der Waals surface area contributed by atoms with E-state index < -0.39 is 0 Å². The normalized spacial score (nSPS) is 11.7. The fourth-order valence-corrected chi connectivity index (χ4v) is 1.51. The summed E-state index contributed by atoms with van der Waals surface area (Å²) in [6.07, 6.45) is 0.682. The van der Waals surface area contributed by atoms with E-state index in [0.29, 0.717) is 25.4 Å². The van der Waals surface area contributed by atoms with Crippen molar-refractivity contribution < 1.29 is 4.74 Å². The van der Waals surface area contributed by atoms with E-state index in [1.807, 2.05) is 24.3 Å². The van der Waals surface area contributed by atoms with Gasteiger partial charge in [0.15, 0.2) is 0 Å². The van der Waals surface area contributed by atoms with Crippen LogP contribution in [0.1, 0.15) is 12.0 Å². The summed E-state index contributed by atoms with van der Waals surface area (Å²) >= 11 is 3.46. The van der Waals surface area contributed by atoms with Gasteiger partial charge in [-0.2, -0.15) is 0 Å². The third-order valence-corrected chi connectivity index (χ3v) is 2.75. The molecule has 3 nitrogen and oxygen atoms in total. The van der Waals surface area contributed by atoms with Gasteiger partial charge in [0.25, 0.3) is 0 Å². The predicted molar refractivity (Wildman–Crippen MR) is 66.0 cm³/mol. The Labute approximate surface area is 98.5 Å². The molecule has 0 unspecified atom stereocenters. The second kappa shape index (κ2) is 6.58. The number of halogens is 1. The Morgan fingerprint density at radius 2 is 2.20 bits per heavy atom. The topological polar surface area (TPSA) is 47.6 Å². The van der Waals surface area contributed by atoms with Crippen molar-refractivity contribution in [1.82, 2.24) is 0 Å². The molecule has 82 valence electrons. The maximum atomic E-state index is 5.71. The molecule has 2 N–H and O–H groups in total. The Balaban J connectivity index is 2.52. The van der Waals surface area contributed by atoms with Crippen LogP contribution in [-0.2, 0) is 11.3 Å². The number of hydrogen-bond donors (Lipinski definition) is 1. The number of rotatable bonds is 5. The van der Waals surface area contributed by atoms with Crippen molar-refractivity contribution in [3.8, 4) is 0 Å². The molecule has 0 saturated carbocycles. The molecule has 15 heavy (non-hydrogen) atoms. The summed E-state index contributed by atoms with van der Waals surface area (Å²) in [5.41, 5.74) is 6.85. The largest absolute Gasteiger partial charge is 0.387 e. The molecule has 0 spiro atoms. The van der Waals surface area contributed by atoms with Gasteiger partial charge in [0.1, 0.15) is 0 Å². The zero-order valence-electron chi connectivity index (χ0n) is 8.74. The Hall–Kier alpha value is -0.870. The lowest BCUT2D eigenvalue weighted by molar-refractivity contribution is 0.207. The van der Waals surface area contributed by atoms with Crippen LogP contribution >= 0.6 is 15.9 Å². The van der Waals surface area contributed by atoms with E-state index in [0.717, 1.165) is 10.0 Å². The third kappa shape index (κ3) is 4.44. The van der Waals surface area contributed by atoms with E-state index in [4.69, 9.17) is 10.5 Å². The Bertz CT molecular complexity index is 339. The molecule has 1 aromatic rings. The monoisotopic (exact) mass is 270 g/mol. The number of amidine groups is 1. The van der Waals surface area contributed by atoms with Crippen LogP contribution in [0.3, 0.4) is 0 Å². The van der Waals surface area contributed by atoms with Crippen LogP contribution in [0, 0.1) is 0 Å². The molecule has 4 heteroatoms. The first-order chi connectivity index (χ1) is 7.24. The lowest BCUT2D eigenvalue weighted by atomic mass is 10.2. The van der Waals surface area contributed by atoms with Crippen LogP contribution in [0.4, 0.5) is 0 Å².